The number of hydrogen-bond acceptors (Lipinski definition) is 4. The van der Waals surface area contributed by atoms with E-state index < -0.39 is 22.0 Å². The zero-order valence-corrected chi connectivity index (χ0v) is 17.1. The maximum Gasteiger partial charge on any atom is 0.253 e. The molecule has 1 aromatic heterocycles. The number of likely N-dealkylation sites (tertiary alicyclic amines) is 1. The highest BCUT2D eigenvalue weighted by Gasteiger charge is 2.37. The Kier molecular flexibility index (Phi) is 4.97. The quantitative estimate of drug-likeness (QED) is 0.803. The van der Waals surface area contributed by atoms with Gasteiger partial charge < -0.3 is 15.0 Å². The number of β-amino-alcohol motifs (C(OH)–C–C–N with tert-alkyl or cyclic N) is 1. The molecule has 1 aliphatic heterocycles. The molecule has 0 bridgehead atoms. The molecule has 4 rings (SSSR count). The minimum absolute atomic E-state index is 0.156. The molecule has 7 nitrogen and oxygen atoms in total. The Balaban J connectivity index is 1.55. The first-order valence-electron chi connectivity index (χ1n) is 9.77. The summed E-state index contributed by atoms with van der Waals surface area (Å²) < 4.78 is 25.4. The van der Waals surface area contributed by atoms with Crippen LogP contribution >= 0.6 is 0 Å². The molecule has 1 aliphatic carbocycles. The van der Waals surface area contributed by atoms with Gasteiger partial charge in [-0.2, -0.15) is 0 Å². The molecule has 1 amide bonds. The second-order valence-electron chi connectivity index (χ2n) is 8.15. The summed E-state index contributed by atoms with van der Waals surface area (Å²) >= 11 is 0. The standard InChI is InChI=1S/C20H27N3O4S/c1-22(2)28(26,27)12-14-10-23(11-19(14)24)20(25)13-7-8-18-16(9-13)15-5-3-4-6-17(15)21-18/h7-9,14,19,21,24H,3-6,10-12H2,1-2H3/t14-,19-/m0/s1. The van der Waals surface area contributed by atoms with Gasteiger partial charge in [-0.05, 0) is 49.4 Å². The number of benzene rings is 1. The van der Waals surface area contributed by atoms with E-state index in [2.05, 4.69) is 4.98 Å². The number of aliphatic hydroxyl groups excluding tert-OH is 1. The summed E-state index contributed by atoms with van der Waals surface area (Å²) in [7, 11) is -0.472. The Morgan fingerprint density at radius 2 is 2.00 bits per heavy atom. The van der Waals surface area contributed by atoms with Crippen molar-refractivity contribution in [2.24, 2.45) is 5.92 Å². The molecule has 2 atom stereocenters. The predicted octanol–water partition coefficient (Wildman–Crippen LogP) is 1.37. The average Bonchev–Trinajstić information content (AvgIpc) is 3.20. The molecule has 0 radical (unpaired) electrons. The van der Waals surface area contributed by atoms with Crippen molar-refractivity contribution in [2.45, 2.75) is 31.8 Å². The van der Waals surface area contributed by atoms with Gasteiger partial charge in [-0.15, -0.1) is 0 Å². The number of aromatic amines is 1. The molecule has 152 valence electrons. The fourth-order valence-electron chi connectivity index (χ4n) is 4.32. The number of rotatable bonds is 4. The van der Waals surface area contributed by atoms with Crippen molar-refractivity contribution >= 4 is 26.8 Å². The van der Waals surface area contributed by atoms with Crippen LogP contribution in [-0.4, -0.2) is 72.7 Å². The van der Waals surface area contributed by atoms with Crippen LogP contribution in [0.2, 0.25) is 0 Å². The third-order valence-electron chi connectivity index (χ3n) is 6.02. The van der Waals surface area contributed by atoms with Gasteiger partial charge in [0.05, 0.1) is 11.9 Å². The molecule has 28 heavy (non-hydrogen) atoms. The number of H-pyrrole nitrogens is 1. The van der Waals surface area contributed by atoms with E-state index in [1.807, 2.05) is 18.2 Å². The second-order valence-corrected chi connectivity index (χ2v) is 10.4. The van der Waals surface area contributed by atoms with E-state index in [9.17, 15) is 18.3 Å². The summed E-state index contributed by atoms with van der Waals surface area (Å²) in [5, 5.41) is 11.4. The zero-order chi connectivity index (χ0) is 20.1. The van der Waals surface area contributed by atoms with Crippen LogP contribution in [0.1, 0.15) is 34.5 Å². The SMILES string of the molecule is CN(C)S(=O)(=O)C[C@@H]1CN(C(=O)c2ccc3[nH]c4c(c3c2)CCCC4)C[C@@H]1O. The molecular weight excluding hydrogens is 378 g/mol. The van der Waals surface area contributed by atoms with Gasteiger partial charge in [0.2, 0.25) is 10.0 Å². The lowest BCUT2D eigenvalue weighted by Gasteiger charge is -2.18. The summed E-state index contributed by atoms with van der Waals surface area (Å²) in [6.45, 7) is 0.409. The van der Waals surface area contributed by atoms with E-state index in [0.717, 1.165) is 28.0 Å². The Labute approximate surface area is 165 Å². The van der Waals surface area contributed by atoms with Crippen LogP contribution in [0.25, 0.3) is 10.9 Å². The highest BCUT2D eigenvalue weighted by atomic mass is 32.2. The first-order chi connectivity index (χ1) is 13.3. The van der Waals surface area contributed by atoms with Crippen LogP contribution in [0.3, 0.4) is 0 Å². The number of amides is 1. The number of carbonyl (C=O) groups excluding carboxylic acids is 1. The predicted molar refractivity (Wildman–Crippen MR) is 108 cm³/mol. The molecule has 2 N–H and O–H groups in total. The number of aliphatic hydroxyl groups is 1. The maximum atomic E-state index is 13.0. The number of nitrogens with zero attached hydrogens (tertiary/aromatic N) is 2. The third-order valence-corrected chi connectivity index (χ3v) is 7.98. The molecule has 1 aromatic carbocycles. The molecule has 1 saturated heterocycles. The van der Waals surface area contributed by atoms with Crippen molar-refractivity contribution in [1.82, 2.24) is 14.2 Å². The molecule has 1 fully saturated rings. The highest BCUT2D eigenvalue weighted by Crippen LogP contribution is 2.30. The summed E-state index contributed by atoms with van der Waals surface area (Å²) in [6.07, 6.45) is 3.60. The molecule has 0 unspecified atom stereocenters. The summed E-state index contributed by atoms with van der Waals surface area (Å²) in [5.41, 5.74) is 4.23. The normalized spacial score (nSPS) is 22.8. The summed E-state index contributed by atoms with van der Waals surface area (Å²) in [6, 6.07) is 5.69. The molecular formula is C20H27N3O4S. The van der Waals surface area contributed by atoms with E-state index in [1.54, 1.807) is 4.90 Å². The van der Waals surface area contributed by atoms with E-state index in [4.69, 9.17) is 0 Å². The van der Waals surface area contributed by atoms with Crippen molar-refractivity contribution in [2.75, 3.05) is 32.9 Å². The van der Waals surface area contributed by atoms with Crippen LogP contribution in [0.15, 0.2) is 18.2 Å². The molecule has 2 heterocycles. The van der Waals surface area contributed by atoms with Crippen LogP contribution in [0, 0.1) is 5.92 Å². The van der Waals surface area contributed by atoms with Crippen molar-refractivity contribution in [3.63, 3.8) is 0 Å². The molecule has 0 spiro atoms. The van der Waals surface area contributed by atoms with E-state index >= 15 is 0 Å². The molecule has 0 saturated carbocycles. The number of fused-ring (bicyclic) bond motifs is 3. The Morgan fingerprint density at radius 1 is 1.25 bits per heavy atom. The number of hydrogen-bond donors (Lipinski definition) is 2. The number of aryl methyl sites for hydroxylation is 2. The van der Waals surface area contributed by atoms with Gasteiger partial charge in [-0.3, -0.25) is 4.79 Å². The Bertz CT molecular complexity index is 1010. The van der Waals surface area contributed by atoms with E-state index in [0.29, 0.717) is 5.56 Å². The van der Waals surface area contributed by atoms with Crippen LogP contribution in [0.4, 0.5) is 0 Å². The highest BCUT2D eigenvalue weighted by molar-refractivity contribution is 7.89. The average molecular weight is 406 g/mol. The van der Waals surface area contributed by atoms with Gasteiger partial charge >= 0.3 is 0 Å². The van der Waals surface area contributed by atoms with Crippen molar-refractivity contribution in [1.29, 1.82) is 0 Å². The number of sulfonamides is 1. The smallest absolute Gasteiger partial charge is 0.253 e. The van der Waals surface area contributed by atoms with Gasteiger partial charge in [0, 0.05) is 55.3 Å². The third kappa shape index (κ3) is 3.44. The molecule has 8 heteroatoms. The first-order valence-corrected chi connectivity index (χ1v) is 11.4. The van der Waals surface area contributed by atoms with Crippen molar-refractivity contribution < 1.29 is 18.3 Å². The maximum absolute atomic E-state index is 13.0. The van der Waals surface area contributed by atoms with E-state index in [-0.39, 0.29) is 24.7 Å². The lowest BCUT2D eigenvalue weighted by atomic mass is 9.95. The topological polar surface area (TPSA) is 93.7 Å². The fourth-order valence-corrected chi connectivity index (χ4v) is 5.49. The number of aromatic nitrogens is 1. The lowest BCUT2D eigenvalue weighted by Crippen LogP contribution is -2.33. The first kappa shape index (κ1) is 19.4. The van der Waals surface area contributed by atoms with Crippen LogP contribution in [-0.2, 0) is 22.9 Å². The van der Waals surface area contributed by atoms with Crippen molar-refractivity contribution in [3.8, 4) is 0 Å². The second kappa shape index (κ2) is 7.17. The van der Waals surface area contributed by atoms with Crippen LogP contribution in [0.5, 0.6) is 0 Å². The number of carbonyl (C=O) groups is 1. The monoisotopic (exact) mass is 405 g/mol. The van der Waals surface area contributed by atoms with Gasteiger partial charge in [0.15, 0.2) is 0 Å². The minimum atomic E-state index is -3.43. The van der Waals surface area contributed by atoms with Gasteiger partial charge in [0.1, 0.15) is 0 Å². The fraction of sp³-hybridized carbons (Fsp3) is 0.550. The summed E-state index contributed by atoms with van der Waals surface area (Å²) in [4.78, 5) is 18.1. The molecule has 2 aliphatic rings. The number of nitrogens with one attached hydrogen (secondary N) is 1. The Morgan fingerprint density at radius 3 is 2.75 bits per heavy atom. The lowest BCUT2D eigenvalue weighted by molar-refractivity contribution is 0.0765. The minimum Gasteiger partial charge on any atom is -0.391 e. The summed E-state index contributed by atoms with van der Waals surface area (Å²) in [5.74, 6) is -0.786. The van der Waals surface area contributed by atoms with Gasteiger partial charge in [-0.1, -0.05) is 0 Å². The van der Waals surface area contributed by atoms with Gasteiger partial charge in [-0.25, -0.2) is 12.7 Å². The van der Waals surface area contributed by atoms with Gasteiger partial charge in [0.25, 0.3) is 5.91 Å². The zero-order valence-electron chi connectivity index (χ0n) is 16.3. The van der Waals surface area contributed by atoms with Crippen molar-refractivity contribution in [3.05, 3.63) is 35.0 Å². The van der Waals surface area contributed by atoms with E-state index in [1.165, 1.54) is 38.2 Å². The Hall–Kier alpha value is -1.90. The van der Waals surface area contributed by atoms with Crippen LogP contribution < -0.4 is 0 Å². The largest absolute Gasteiger partial charge is 0.391 e. The molecule has 2 aromatic rings.